The average molecular weight is 416 g/mol. The molecular weight excluding hydrogens is 389 g/mol. The number of benzene rings is 3. The highest BCUT2D eigenvalue weighted by atomic mass is 19.1. The van der Waals surface area contributed by atoms with E-state index in [4.69, 9.17) is 0 Å². The molecule has 0 bridgehead atoms. The summed E-state index contributed by atoms with van der Waals surface area (Å²) in [5, 5.41) is 6.23. The standard InChI is InChI=1S/C26H26FN3O/c1-3-30(4-2)17-18-10-13-21(14-11-18)28-25(19-8-6-5-7-9-19)24-22-15-12-20(27)16-23(22)29-26(24)31/h5-16,28H,3-4,17H2,1-2H3,(H,29,31). The predicted molar refractivity (Wildman–Crippen MR) is 125 cm³/mol. The molecule has 3 aromatic rings. The minimum atomic E-state index is -0.377. The first-order valence-corrected chi connectivity index (χ1v) is 10.6. The number of amides is 1. The van der Waals surface area contributed by atoms with Crippen LogP contribution >= 0.6 is 0 Å². The summed E-state index contributed by atoms with van der Waals surface area (Å²) in [6.45, 7) is 7.25. The average Bonchev–Trinajstić information content (AvgIpc) is 3.11. The number of hydrogen-bond acceptors (Lipinski definition) is 3. The van der Waals surface area contributed by atoms with E-state index in [-0.39, 0.29) is 11.7 Å². The summed E-state index contributed by atoms with van der Waals surface area (Å²) < 4.78 is 13.7. The van der Waals surface area contributed by atoms with Crippen molar-refractivity contribution < 1.29 is 9.18 Å². The third kappa shape index (κ3) is 4.52. The molecule has 31 heavy (non-hydrogen) atoms. The fourth-order valence-electron chi connectivity index (χ4n) is 3.82. The van der Waals surface area contributed by atoms with Crippen molar-refractivity contribution in [1.29, 1.82) is 0 Å². The molecule has 0 saturated carbocycles. The van der Waals surface area contributed by atoms with Gasteiger partial charge in [-0.1, -0.05) is 56.3 Å². The molecule has 0 aliphatic carbocycles. The van der Waals surface area contributed by atoms with Crippen molar-refractivity contribution in [3.8, 4) is 0 Å². The molecule has 1 aliphatic rings. The Morgan fingerprint density at radius 2 is 1.68 bits per heavy atom. The molecule has 3 aromatic carbocycles. The zero-order valence-corrected chi connectivity index (χ0v) is 17.8. The van der Waals surface area contributed by atoms with Gasteiger partial charge in [-0.05, 0) is 54.5 Å². The Kier molecular flexibility index (Phi) is 6.14. The maximum atomic E-state index is 13.7. The Bertz CT molecular complexity index is 1100. The van der Waals surface area contributed by atoms with E-state index >= 15 is 0 Å². The van der Waals surface area contributed by atoms with E-state index in [1.54, 1.807) is 6.07 Å². The molecule has 0 unspecified atom stereocenters. The summed E-state index contributed by atoms with van der Waals surface area (Å²) in [6, 6.07) is 22.4. The second-order valence-electron chi connectivity index (χ2n) is 7.54. The van der Waals surface area contributed by atoms with Crippen molar-refractivity contribution in [3.63, 3.8) is 0 Å². The summed E-state index contributed by atoms with van der Waals surface area (Å²) in [6.07, 6.45) is 0. The van der Waals surface area contributed by atoms with Gasteiger partial charge in [0.25, 0.3) is 5.91 Å². The highest BCUT2D eigenvalue weighted by Gasteiger charge is 2.28. The monoisotopic (exact) mass is 415 g/mol. The van der Waals surface area contributed by atoms with Crippen LogP contribution in [0.3, 0.4) is 0 Å². The smallest absolute Gasteiger partial charge is 0.258 e. The van der Waals surface area contributed by atoms with E-state index in [1.807, 2.05) is 42.5 Å². The normalized spacial score (nSPS) is 14.4. The van der Waals surface area contributed by atoms with Crippen molar-refractivity contribution in [2.75, 3.05) is 23.7 Å². The lowest BCUT2D eigenvalue weighted by molar-refractivity contribution is -0.110. The second-order valence-corrected chi connectivity index (χ2v) is 7.54. The number of carbonyl (C=O) groups is 1. The van der Waals surface area contributed by atoms with Crippen molar-refractivity contribution >= 4 is 28.6 Å². The van der Waals surface area contributed by atoms with E-state index in [9.17, 15) is 9.18 Å². The minimum Gasteiger partial charge on any atom is -0.354 e. The number of rotatable bonds is 7. The first-order valence-electron chi connectivity index (χ1n) is 10.6. The van der Waals surface area contributed by atoms with Gasteiger partial charge in [-0.15, -0.1) is 0 Å². The number of fused-ring (bicyclic) bond motifs is 1. The van der Waals surface area contributed by atoms with Crippen LogP contribution in [0.1, 0.15) is 30.5 Å². The van der Waals surface area contributed by atoms with Gasteiger partial charge in [-0.3, -0.25) is 9.69 Å². The predicted octanol–water partition coefficient (Wildman–Crippen LogP) is 5.60. The topological polar surface area (TPSA) is 44.4 Å². The molecule has 1 amide bonds. The molecule has 1 heterocycles. The Morgan fingerprint density at radius 1 is 0.968 bits per heavy atom. The number of nitrogens with zero attached hydrogens (tertiary/aromatic N) is 1. The largest absolute Gasteiger partial charge is 0.354 e. The van der Waals surface area contributed by atoms with Gasteiger partial charge in [0.05, 0.1) is 17.0 Å². The molecule has 0 atom stereocenters. The van der Waals surface area contributed by atoms with E-state index in [2.05, 4.69) is 41.5 Å². The Hall–Kier alpha value is -3.44. The van der Waals surface area contributed by atoms with Crippen LogP contribution in [-0.4, -0.2) is 23.9 Å². The summed E-state index contributed by atoms with van der Waals surface area (Å²) in [5.74, 6) is -0.622. The fraction of sp³-hybridized carbons (Fsp3) is 0.192. The molecule has 5 heteroatoms. The zero-order valence-electron chi connectivity index (χ0n) is 17.8. The lowest BCUT2D eigenvalue weighted by Gasteiger charge is -2.19. The van der Waals surface area contributed by atoms with E-state index in [0.29, 0.717) is 22.5 Å². The Labute approximate surface area is 182 Å². The lowest BCUT2D eigenvalue weighted by atomic mass is 10.00. The molecule has 0 radical (unpaired) electrons. The molecule has 0 fully saturated rings. The zero-order chi connectivity index (χ0) is 21.8. The summed E-state index contributed by atoms with van der Waals surface area (Å²) in [5.41, 5.74) is 5.40. The van der Waals surface area contributed by atoms with Crippen molar-refractivity contribution in [3.05, 3.63) is 95.3 Å². The van der Waals surface area contributed by atoms with Gasteiger partial charge in [-0.2, -0.15) is 0 Å². The Balaban J connectivity index is 1.72. The van der Waals surface area contributed by atoms with Gasteiger partial charge in [0, 0.05) is 17.8 Å². The molecule has 0 spiro atoms. The van der Waals surface area contributed by atoms with Gasteiger partial charge in [0.15, 0.2) is 0 Å². The van der Waals surface area contributed by atoms with Crippen LogP contribution in [0.25, 0.3) is 11.3 Å². The summed E-state index contributed by atoms with van der Waals surface area (Å²) in [4.78, 5) is 15.2. The molecule has 0 aromatic heterocycles. The third-order valence-electron chi connectivity index (χ3n) is 5.56. The SMILES string of the molecule is CCN(CC)Cc1ccc(NC(=C2C(=O)Nc3cc(F)ccc32)c2ccccc2)cc1. The Morgan fingerprint density at radius 3 is 2.35 bits per heavy atom. The molecule has 158 valence electrons. The van der Waals surface area contributed by atoms with Crippen LogP contribution in [-0.2, 0) is 11.3 Å². The van der Waals surface area contributed by atoms with Crippen LogP contribution in [0, 0.1) is 5.82 Å². The number of nitrogens with one attached hydrogen (secondary N) is 2. The molecular formula is C26H26FN3O. The molecule has 1 aliphatic heterocycles. The first kappa shape index (κ1) is 20.8. The number of carbonyl (C=O) groups excluding carboxylic acids is 1. The van der Waals surface area contributed by atoms with E-state index < -0.39 is 0 Å². The third-order valence-corrected chi connectivity index (χ3v) is 5.56. The quantitative estimate of drug-likeness (QED) is 0.494. The van der Waals surface area contributed by atoms with E-state index in [0.717, 1.165) is 30.9 Å². The van der Waals surface area contributed by atoms with Crippen molar-refractivity contribution in [2.45, 2.75) is 20.4 Å². The maximum absolute atomic E-state index is 13.7. The minimum absolute atomic E-state index is 0.245. The number of anilines is 2. The highest BCUT2D eigenvalue weighted by molar-refractivity contribution is 6.37. The number of halogens is 1. The molecule has 4 rings (SSSR count). The van der Waals surface area contributed by atoms with Crippen molar-refractivity contribution in [1.82, 2.24) is 4.90 Å². The van der Waals surface area contributed by atoms with Crippen LogP contribution < -0.4 is 10.6 Å². The summed E-state index contributed by atoms with van der Waals surface area (Å²) >= 11 is 0. The summed E-state index contributed by atoms with van der Waals surface area (Å²) in [7, 11) is 0. The number of hydrogen-bond donors (Lipinski definition) is 2. The van der Waals surface area contributed by atoms with Gasteiger partial charge in [0.1, 0.15) is 5.82 Å². The molecule has 2 N–H and O–H groups in total. The van der Waals surface area contributed by atoms with Gasteiger partial charge in [0.2, 0.25) is 0 Å². The van der Waals surface area contributed by atoms with Gasteiger partial charge in [-0.25, -0.2) is 4.39 Å². The van der Waals surface area contributed by atoms with Crippen LogP contribution in [0.15, 0.2) is 72.8 Å². The van der Waals surface area contributed by atoms with Crippen LogP contribution in [0.2, 0.25) is 0 Å². The fourth-order valence-corrected chi connectivity index (χ4v) is 3.82. The first-order chi connectivity index (χ1) is 15.1. The van der Waals surface area contributed by atoms with E-state index in [1.165, 1.54) is 17.7 Å². The van der Waals surface area contributed by atoms with Crippen LogP contribution in [0.5, 0.6) is 0 Å². The second kappa shape index (κ2) is 9.14. The molecule has 0 saturated heterocycles. The lowest BCUT2D eigenvalue weighted by Crippen LogP contribution is -2.22. The van der Waals surface area contributed by atoms with Gasteiger partial charge >= 0.3 is 0 Å². The van der Waals surface area contributed by atoms with Crippen molar-refractivity contribution in [2.24, 2.45) is 0 Å². The molecule has 4 nitrogen and oxygen atoms in total. The van der Waals surface area contributed by atoms with Gasteiger partial charge < -0.3 is 10.6 Å². The maximum Gasteiger partial charge on any atom is 0.258 e. The highest BCUT2D eigenvalue weighted by Crippen LogP contribution is 2.37. The van der Waals surface area contributed by atoms with Crippen LogP contribution in [0.4, 0.5) is 15.8 Å².